The highest BCUT2D eigenvalue weighted by molar-refractivity contribution is 7.09. The SMILES string of the molecule is Cc1cc(=O)c(C(=O)N[C@H](C)c2nccs2)c(Cc2cccc(F)c2)n1CCCN1CCOCC1. The molecule has 0 radical (unpaired) electrons. The van der Waals surface area contributed by atoms with Gasteiger partial charge in [-0.15, -0.1) is 11.3 Å². The minimum absolute atomic E-state index is 0.106. The normalized spacial score (nSPS) is 15.2. The lowest BCUT2D eigenvalue weighted by atomic mass is 10.0. The lowest BCUT2D eigenvalue weighted by Crippen LogP contribution is -2.37. The maximum absolute atomic E-state index is 14.0. The van der Waals surface area contributed by atoms with Gasteiger partial charge in [0.2, 0.25) is 0 Å². The molecule has 9 heteroatoms. The third-order valence-corrected chi connectivity index (χ3v) is 7.20. The molecule has 0 aliphatic carbocycles. The average Bonchev–Trinajstić information content (AvgIpc) is 3.37. The Morgan fingerprint density at radius 1 is 1.26 bits per heavy atom. The number of carbonyl (C=O) groups is 1. The molecule has 1 saturated heterocycles. The molecule has 7 nitrogen and oxygen atoms in total. The summed E-state index contributed by atoms with van der Waals surface area (Å²) in [6, 6.07) is 7.48. The number of thiazole rings is 1. The smallest absolute Gasteiger partial charge is 0.257 e. The molecule has 1 amide bonds. The van der Waals surface area contributed by atoms with E-state index < -0.39 is 5.91 Å². The van der Waals surface area contributed by atoms with Crippen LogP contribution in [-0.4, -0.2) is 53.2 Å². The maximum Gasteiger partial charge on any atom is 0.257 e. The number of nitrogens with zero attached hydrogens (tertiary/aromatic N) is 3. The second-order valence-electron chi connectivity index (χ2n) is 8.80. The molecular weight excluding hydrogens is 467 g/mol. The van der Waals surface area contributed by atoms with Crippen molar-refractivity contribution in [1.82, 2.24) is 19.8 Å². The number of rotatable bonds is 9. The van der Waals surface area contributed by atoms with Crippen LogP contribution in [0.1, 0.15) is 51.7 Å². The predicted molar refractivity (Wildman–Crippen MR) is 135 cm³/mol. The molecule has 2 aromatic heterocycles. The van der Waals surface area contributed by atoms with Crippen LogP contribution < -0.4 is 10.7 Å². The number of nitrogens with one attached hydrogen (secondary N) is 1. The van der Waals surface area contributed by atoms with Gasteiger partial charge in [-0.1, -0.05) is 12.1 Å². The fourth-order valence-electron chi connectivity index (χ4n) is 4.46. The summed E-state index contributed by atoms with van der Waals surface area (Å²) in [6.07, 6.45) is 2.82. The van der Waals surface area contributed by atoms with Crippen molar-refractivity contribution in [3.8, 4) is 0 Å². The van der Waals surface area contributed by atoms with Crippen LogP contribution in [0, 0.1) is 12.7 Å². The molecule has 1 aromatic carbocycles. The second-order valence-corrected chi connectivity index (χ2v) is 9.73. The highest BCUT2D eigenvalue weighted by Crippen LogP contribution is 2.19. The number of benzene rings is 1. The molecule has 1 aliphatic heterocycles. The topological polar surface area (TPSA) is 76.5 Å². The number of aryl methyl sites for hydroxylation is 1. The van der Waals surface area contributed by atoms with E-state index in [9.17, 15) is 14.0 Å². The minimum Gasteiger partial charge on any atom is -0.379 e. The molecule has 0 bridgehead atoms. The number of pyridine rings is 1. The minimum atomic E-state index is -0.439. The van der Waals surface area contributed by atoms with E-state index in [1.165, 1.54) is 29.5 Å². The zero-order valence-electron chi connectivity index (χ0n) is 20.1. The lowest BCUT2D eigenvalue weighted by molar-refractivity contribution is 0.0369. The Balaban J connectivity index is 1.65. The van der Waals surface area contributed by atoms with Crippen LogP contribution in [0.5, 0.6) is 0 Å². The second kappa shape index (κ2) is 11.7. The van der Waals surface area contributed by atoms with Gasteiger partial charge >= 0.3 is 0 Å². The number of aromatic nitrogens is 2. The van der Waals surface area contributed by atoms with Crippen molar-refractivity contribution < 1.29 is 13.9 Å². The molecule has 35 heavy (non-hydrogen) atoms. The maximum atomic E-state index is 14.0. The van der Waals surface area contributed by atoms with Gasteiger partial charge in [-0.05, 0) is 38.0 Å². The van der Waals surface area contributed by atoms with Crippen molar-refractivity contribution in [1.29, 1.82) is 0 Å². The molecule has 1 aliphatic rings. The van der Waals surface area contributed by atoms with Gasteiger partial charge < -0.3 is 14.6 Å². The van der Waals surface area contributed by atoms with Gasteiger partial charge in [0.25, 0.3) is 5.91 Å². The van der Waals surface area contributed by atoms with Crippen molar-refractivity contribution in [2.45, 2.75) is 39.3 Å². The summed E-state index contributed by atoms with van der Waals surface area (Å²) in [5.41, 5.74) is 1.87. The van der Waals surface area contributed by atoms with Crippen molar-refractivity contribution in [3.63, 3.8) is 0 Å². The van der Waals surface area contributed by atoms with Crippen LogP contribution in [0.2, 0.25) is 0 Å². The van der Waals surface area contributed by atoms with Crippen molar-refractivity contribution in [3.05, 3.63) is 85.5 Å². The van der Waals surface area contributed by atoms with Gasteiger partial charge in [0.05, 0.1) is 19.3 Å². The van der Waals surface area contributed by atoms with Gasteiger partial charge in [0, 0.05) is 61.6 Å². The Labute approximate surface area is 208 Å². The quantitative estimate of drug-likeness (QED) is 0.488. The first-order valence-corrected chi connectivity index (χ1v) is 12.8. The third kappa shape index (κ3) is 6.42. The zero-order chi connectivity index (χ0) is 24.8. The molecular formula is C26H31FN4O3S. The predicted octanol–water partition coefficient (Wildman–Crippen LogP) is 3.56. The van der Waals surface area contributed by atoms with Gasteiger partial charge in [-0.3, -0.25) is 14.5 Å². The Hall–Kier alpha value is -2.88. The fourth-order valence-corrected chi connectivity index (χ4v) is 5.11. The van der Waals surface area contributed by atoms with Crippen molar-refractivity contribution >= 4 is 17.2 Å². The van der Waals surface area contributed by atoms with E-state index in [4.69, 9.17) is 4.74 Å². The summed E-state index contributed by atoms with van der Waals surface area (Å²) in [6.45, 7) is 8.56. The number of morpholine rings is 1. The summed E-state index contributed by atoms with van der Waals surface area (Å²) in [4.78, 5) is 33.1. The Bertz CT molecular complexity index is 1210. The number of amides is 1. The number of hydrogen-bond acceptors (Lipinski definition) is 6. The summed E-state index contributed by atoms with van der Waals surface area (Å²) < 4.78 is 21.4. The van der Waals surface area contributed by atoms with E-state index in [2.05, 4.69) is 15.2 Å². The van der Waals surface area contributed by atoms with Crippen LogP contribution in [0.3, 0.4) is 0 Å². The Morgan fingerprint density at radius 3 is 2.77 bits per heavy atom. The van der Waals surface area contributed by atoms with Gasteiger partial charge in [0.1, 0.15) is 16.4 Å². The Kier molecular flexibility index (Phi) is 8.43. The molecule has 1 N–H and O–H groups in total. The van der Waals surface area contributed by atoms with Gasteiger partial charge in [0.15, 0.2) is 5.43 Å². The van der Waals surface area contributed by atoms with E-state index in [-0.39, 0.29) is 29.3 Å². The molecule has 4 rings (SSSR count). The Morgan fingerprint density at radius 2 is 2.06 bits per heavy atom. The first-order chi connectivity index (χ1) is 16.9. The summed E-state index contributed by atoms with van der Waals surface area (Å²) >= 11 is 1.45. The first kappa shape index (κ1) is 25.2. The molecule has 3 heterocycles. The molecule has 0 unspecified atom stereocenters. The molecule has 3 aromatic rings. The number of carbonyl (C=O) groups excluding carboxylic acids is 1. The highest BCUT2D eigenvalue weighted by Gasteiger charge is 2.23. The number of halogens is 1. The standard InChI is InChI=1S/C26H31FN4O3S/c1-18-15-23(32)24(25(33)29-19(2)26-28-7-14-35-26)22(17-20-5-3-6-21(27)16-20)31(18)9-4-8-30-10-12-34-13-11-30/h3,5-7,14-16,19H,4,8-13,17H2,1-2H3,(H,29,33)/t19-/m1/s1. The summed E-state index contributed by atoms with van der Waals surface area (Å²) in [5.74, 6) is -0.786. The van der Waals surface area contributed by atoms with E-state index in [1.807, 2.05) is 29.9 Å². The molecule has 1 fully saturated rings. The summed E-state index contributed by atoms with van der Waals surface area (Å²) in [7, 11) is 0. The molecule has 0 spiro atoms. The van der Waals surface area contributed by atoms with Crippen LogP contribution in [0.4, 0.5) is 4.39 Å². The van der Waals surface area contributed by atoms with Crippen molar-refractivity contribution in [2.24, 2.45) is 0 Å². The van der Waals surface area contributed by atoms with E-state index in [1.54, 1.807) is 12.3 Å². The van der Waals surface area contributed by atoms with Crippen LogP contribution in [-0.2, 0) is 17.7 Å². The lowest BCUT2D eigenvalue weighted by Gasteiger charge is -2.27. The third-order valence-electron chi connectivity index (χ3n) is 6.24. The monoisotopic (exact) mass is 498 g/mol. The average molecular weight is 499 g/mol. The van der Waals surface area contributed by atoms with Gasteiger partial charge in [-0.25, -0.2) is 9.37 Å². The van der Waals surface area contributed by atoms with Gasteiger partial charge in [-0.2, -0.15) is 0 Å². The van der Waals surface area contributed by atoms with Crippen molar-refractivity contribution in [2.75, 3.05) is 32.8 Å². The number of hydrogen-bond donors (Lipinski definition) is 1. The fraction of sp³-hybridized carbons (Fsp3) is 0.423. The molecule has 1 atom stereocenters. The molecule has 186 valence electrons. The number of ether oxygens (including phenoxy) is 1. The highest BCUT2D eigenvalue weighted by atomic mass is 32.1. The van der Waals surface area contributed by atoms with Crippen LogP contribution in [0.25, 0.3) is 0 Å². The summed E-state index contributed by atoms with van der Waals surface area (Å²) in [5, 5.41) is 5.55. The first-order valence-electron chi connectivity index (χ1n) is 11.9. The van der Waals surface area contributed by atoms with E-state index in [0.717, 1.165) is 50.0 Å². The van der Waals surface area contributed by atoms with Crippen LogP contribution in [0.15, 0.2) is 46.7 Å². The van der Waals surface area contributed by atoms with E-state index >= 15 is 0 Å². The van der Waals surface area contributed by atoms with Crippen LogP contribution >= 0.6 is 11.3 Å². The molecule has 0 saturated carbocycles. The van der Waals surface area contributed by atoms with E-state index in [0.29, 0.717) is 17.8 Å². The zero-order valence-corrected chi connectivity index (χ0v) is 20.9. The largest absolute Gasteiger partial charge is 0.379 e.